The third-order valence-corrected chi connectivity index (χ3v) is 3.42. The highest BCUT2D eigenvalue weighted by Gasteiger charge is 2.21. The summed E-state index contributed by atoms with van der Waals surface area (Å²) in [6.45, 7) is 4.33. The summed E-state index contributed by atoms with van der Waals surface area (Å²) in [6, 6.07) is 2.12. The number of hydrogen-bond acceptors (Lipinski definition) is 3. The molecule has 0 aromatic carbocycles. The van der Waals surface area contributed by atoms with Crippen LogP contribution in [0.5, 0.6) is 0 Å². The molecule has 1 unspecified atom stereocenters. The van der Waals surface area contributed by atoms with Crippen LogP contribution in [-0.2, 0) is 6.42 Å². The summed E-state index contributed by atoms with van der Waals surface area (Å²) in [5, 5.41) is 0. The Kier molecular flexibility index (Phi) is 3.57. The van der Waals surface area contributed by atoms with E-state index in [1.165, 1.54) is 6.42 Å². The molecule has 2 heterocycles. The van der Waals surface area contributed by atoms with Gasteiger partial charge in [0.05, 0.1) is 0 Å². The highest BCUT2D eigenvalue weighted by atomic mass is 79.9. The lowest BCUT2D eigenvalue weighted by atomic mass is 10.2. The quantitative estimate of drug-likeness (QED) is 0.790. The molecule has 0 aliphatic carbocycles. The topological polar surface area (TPSA) is 29.0 Å². The van der Waals surface area contributed by atoms with Gasteiger partial charge < -0.3 is 4.90 Å². The number of aryl methyl sites for hydroxylation is 1. The molecule has 82 valence electrons. The second-order valence-corrected chi connectivity index (χ2v) is 5.24. The van der Waals surface area contributed by atoms with E-state index in [0.29, 0.717) is 4.83 Å². The first kappa shape index (κ1) is 10.9. The van der Waals surface area contributed by atoms with Crippen LogP contribution in [0.3, 0.4) is 0 Å². The van der Waals surface area contributed by atoms with E-state index in [-0.39, 0.29) is 0 Å². The number of aromatic nitrogens is 2. The van der Waals surface area contributed by atoms with Crippen molar-refractivity contribution in [3.8, 4) is 0 Å². The molecule has 1 aliphatic heterocycles. The maximum atomic E-state index is 4.33. The molecule has 0 bridgehead atoms. The Bertz CT molecular complexity index is 329. The van der Waals surface area contributed by atoms with Crippen molar-refractivity contribution in [1.29, 1.82) is 0 Å². The Balaban J connectivity index is 2.10. The highest BCUT2D eigenvalue weighted by molar-refractivity contribution is 9.09. The first-order valence-corrected chi connectivity index (χ1v) is 6.41. The minimum Gasteiger partial charge on any atom is -0.355 e. The molecule has 1 fully saturated rings. The van der Waals surface area contributed by atoms with Crippen molar-refractivity contribution in [1.82, 2.24) is 9.97 Å². The zero-order chi connectivity index (χ0) is 10.7. The maximum Gasteiger partial charge on any atom is 0.132 e. The Morgan fingerprint density at radius 2 is 2.40 bits per heavy atom. The molecular formula is C11H16BrN3. The molecule has 0 spiro atoms. The smallest absolute Gasteiger partial charge is 0.132 e. The van der Waals surface area contributed by atoms with Gasteiger partial charge in [-0.1, -0.05) is 29.3 Å². The van der Waals surface area contributed by atoms with Gasteiger partial charge in [-0.3, -0.25) is 0 Å². The Labute approximate surface area is 99.0 Å². The number of halogens is 1. The Morgan fingerprint density at radius 3 is 3.07 bits per heavy atom. The van der Waals surface area contributed by atoms with Crippen molar-refractivity contribution < 1.29 is 0 Å². The fraction of sp³-hybridized carbons (Fsp3) is 0.636. The third kappa shape index (κ3) is 2.68. The van der Waals surface area contributed by atoms with Gasteiger partial charge in [-0.2, -0.15) is 0 Å². The molecule has 1 atom stereocenters. The Hall–Kier alpha value is -0.640. The van der Waals surface area contributed by atoms with Crippen LogP contribution >= 0.6 is 15.9 Å². The summed E-state index contributed by atoms with van der Waals surface area (Å²) in [4.78, 5) is 11.5. The first-order chi connectivity index (χ1) is 7.29. The maximum absolute atomic E-state index is 4.33. The molecule has 0 amide bonds. The first-order valence-electron chi connectivity index (χ1n) is 5.49. The zero-order valence-electron chi connectivity index (χ0n) is 8.99. The number of alkyl halides is 1. The van der Waals surface area contributed by atoms with Gasteiger partial charge in [0, 0.05) is 29.7 Å². The molecule has 0 N–H and O–H groups in total. The van der Waals surface area contributed by atoms with E-state index in [1.54, 1.807) is 6.33 Å². The van der Waals surface area contributed by atoms with Crippen molar-refractivity contribution in [3.63, 3.8) is 0 Å². The second-order valence-electron chi connectivity index (χ2n) is 3.95. The highest BCUT2D eigenvalue weighted by Crippen LogP contribution is 2.22. The average Bonchev–Trinajstić information content (AvgIpc) is 2.66. The molecular weight excluding hydrogens is 254 g/mol. The van der Waals surface area contributed by atoms with E-state index in [2.05, 4.69) is 43.8 Å². The summed E-state index contributed by atoms with van der Waals surface area (Å²) in [7, 11) is 0. The van der Waals surface area contributed by atoms with Gasteiger partial charge in [0.25, 0.3) is 0 Å². The molecule has 1 aromatic rings. The van der Waals surface area contributed by atoms with E-state index in [1.807, 2.05) is 0 Å². The predicted molar refractivity (Wildman–Crippen MR) is 65.6 cm³/mol. The normalized spacial score (nSPS) is 20.9. The number of nitrogens with zero attached hydrogens (tertiary/aromatic N) is 3. The van der Waals surface area contributed by atoms with Crippen LogP contribution in [0.25, 0.3) is 0 Å². The number of rotatable bonds is 3. The van der Waals surface area contributed by atoms with Crippen molar-refractivity contribution in [3.05, 3.63) is 18.1 Å². The summed E-state index contributed by atoms with van der Waals surface area (Å²) in [6.07, 6.45) is 5.06. The minimum absolute atomic E-state index is 0.613. The van der Waals surface area contributed by atoms with Gasteiger partial charge in [-0.05, 0) is 12.8 Å². The lowest BCUT2D eigenvalue weighted by Gasteiger charge is -2.16. The standard InChI is InChI=1S/C11H16BrN3/c1-2-3-10-6-11(14-8-13-10)15-5-4-9(12)7-15/h6,8-9H,2-5,7H2,1H3. The van der Waals surface area contributed by atoms with Gasteiger partial charge >= 0.3 is 0 Å². The van der Waals surface area contributed by atoms with Crippen LogP contribution in [0, 0.1) is 0 Å². The SMILES string of the molecule is CCCc1cc(N2CCC(Br)C2)ncn1. The fourth-order valence-electron chi connectivity index (χ4n) is 1.88. The third-order valence-electron chi connectivity index (χ3n) is 2.67. The summed E-state index contributed by atoms with van der Waals surface area (Å²) in [5.41, 5.74) is 1.15. The molecule has 1 saturated heterocycles. The Morgan fingerprint density at radius 1 is 1.53 bits per heavy atom. The average molecular weight is 270 g/mol. The van der Waals surface area contributed by atoms with Crippen molar-refractivity contribution in [2.45, 2.75) is 31.0 Å². The monoisotopic (exact) mass is 269 g/mol. The van der Waals surface area contributed by atoms with Crippen LogP contribution in [0.4, 0.5) is 5.82 Å². The van der Waals surface area contributed by atoms with Crippen LogP contribution in [0.1, 0.15) is 25.5 Å². The van der Waals surface area contributed by atoms with Crippen molar-refractivity contribution in [2.75, 3.05) is 18.0 Å². The predicted octanol–water partition coefficient (Wildman–Crippen LogP) is 2.40. The van der Waals surface area contributed by atoms with E-state index in [4.69, 9.17) is 0 Å². The molecule has 2 rings (SSSR count). The number of hydrogen-bond donors (Lipinski definition) is 0. The van der Waals surface area contributed by atoms with Crippen LogP contribution < -0.4 is 4.90 Å². The fourth-order valence-corrected chi connectivity index (χ4v) is 2.43. The molecule has 1 aliphatic rings. The second kappa shape index (κ2) is 4.92. The van der Waals surface area contributed by atoms with Gasteiger partial charge in [-0.25, -0.2) is 9.97 Å². The van der Waals surface area contributed by atoms with E-state index < -0.39 is 0 Å². The van der Waals surface area contributed by atoms with Crippen LogP contribution in [-0.4, -0.2) is 27.9 Å². The summed E-state index contributed by atoms with van der Waals surface area (Å²) >= 11 is 3.64. The summed E-state index contributed by atoms with van der Waals surface area (Å²) < 4.78 is 0. The van der Waals surface area contributed by atoms with Crippen LogP contribution in [0.15, 0.2) is 12.4 Å². The van der Waals surface area contributed by atoms with Crippen molar-refractivity contribution in [2.24, 2.45) is 0 Å². The number of anilines is 1. The lowest BCUT2D eigenvalue weighted by Crippen LogP contribution is -2.21. The minimum atomic E-state index is 0.613. The zero-order valence-corrected chi connectivity index (χ0v) is 10.6. The largest absolute Gasteiger partial charge is 0.355 e. The molecule has 4 heteroatoms. The van der Waals surface area contributed by atoms with Gasteiger partial charge in [0.15, 0.2) is 0 Å². The van der Waals surface area contributed by atoms with E-state index in [9.17, 15) is 0 Å². The van der Waals surface area contributed by atoms with Gasteiger partial charge in [0.1, 0.15) is 12.1 Å². The van der Waals surface area contributed by atoms with Crippen molar-refractivity contribution >= 4 is 21.7 Å². The summed E-state index contributed by atoms with van der Waals surface area (Å²) in [5.74, 6) is 1.08. The van der Waals surface area contributed by atoms with Gasteiger partial charge in [-0.15, -0.1) is 0 Å². The van der Waals surface area contributed by atoms with Crippen LogP contribution in [0.2, 0.25) is 0 Å². The van der Waals surface area contributed by atoms with E-state index >= 15 is 0 Å². The van der Waals surface area contributed by atoms with E-state index in [0.717, 1.165) is 37.4 Å². The molecule has 3 nitrogen and oxygen atoms in total. The molecule has 0 radical (unpaired) electrons. The molecule has 0 saturated carbocycles. The molecule has 1 aromatic heterocycles. The van der Waals surface area contributed by atoms with Gasteiger partial charge in [0.2, 0.25) is 0 Å². The lowest BCUT2D eigenvalue weighted by molar-refractivity contribution is 0.856. The molecule has 15 heavy (non-hydrogen) atoms.